The molecule has 9 nitrogen and oxygen atoms in total. The lowest BCUT2D eigenvalue weighted by Crippen LogP contribution is -2.38. The minimum absolute atomic E-state index is 0.160. The van der Waals surface area contributed by atoms with Gasteiger partial charge in [-0.05, 0) is 19.1 Å². The fourth-order valence-electron chi connectivity index (χ4n) is 2.51. The van der Waals surface area contributed by atoms with Crippen LogP contribution in [0, 0.1) is 11.3 Å². The Morgan fingerprint density at radius 2 is 2.20 bits per heavy atom. The molecule has 3 rings (SSSR count). The number of fused-ring (bicyclic) bond motifs is 1. The van der Waals surface area contributed by atoms with Gasteiger partial charge in [-0.1, -0.05) is 0 Å². The highest BCUT2D eigenvalue weighted by molar-refractivity contribution is 5.82. The van der Waals surface area contributed by atoms with E-state index in [-0.39, 0.29) is 17.7 Å². The largest absolute Gasteiger partial charge is 0.465 e. The number of H-pyrrole nitrogens is 1. The molecule has 0 unspecified atom stereocenters. The molecule has 25 heavy (non-hydrogen) atoms. The van der Waals surface area contributed by atoms with Crippen molar-refractivity contribution in [1.82, 2.24) is 19.1 Å². The minimum Gasteiger partial charge on any atom is -0.465 e. The maximum Gasteiger partial charge on any atom is 0.326 e. The molecule has 2 heterocycles. The second-order valence-electron chi connectivity index (χ2n) is 5.12. The first-order valence-electron chi connectivity index (χ1n) is 7.40. The number of nitriles is 1. The van der Waals surface area contributed by atoms with Gasteiger partial charge in [0.1, 0.15) is 12.6 Å². The molecule has 3 aromatic rings. The molecule has 1 aromatic carbocycles. The number of nitrogens with zero attached hydrogens (tertiary/aromatic N) is 4. The number of nitrogens with one attached hydrogen (secondary N) is 1. The molecule has 0 atom stereocenters. The van der Waals surface area contributed by atoms with Crippen molar-refractivity contribution in [1.29, 1.82) is 5.26 Å². The number of aromatic amines is 1. The molecule has 0 saturated heterocycles. The summed E-state index contributed by atoms with van der Waals surface area (Å²) in [4.78, 5) is 42.2. The van der Waals surface area contributed by atoms with E-state index in [4.69, 9.17) is 4.74 Å². The third-order valence-corrected chi connectivity index (χ3v) is 3.59. The molecule has 0 aliphatic carbocycles. The predicted molar refractivity (Wildman–Crippen MR) is 87.3 cm³/mol. The highest BCUT2D eigenvalue weighted by Crippen LogP contribution is 2.20. The molecule has 2 aromatic heterocycles. The van der Waals surface area contributed by atoms with Crippen LogP contribution < -0.4 is 11.1 Å². The summed E-state index contributed by atoms with van der Waals surface area (Å²) in [6, 6.07) is 5.04. The number of carbonyl (C=O) groups is 1. The molecule has 0 aliphatic heterocycles. The summed E-state index contributed by atoms with van der Waals surface area (Å²) in [6.45, 7) is 1.41. The quantitative estimate of drug-likeness (QED) is 0.539. The first-order chi connectivity index (χ1) is 12.0. The van der Waals surface area contributed by atoms with E-state index in [2.05, 4.69) is 9.97 Å². The van der Waals surface area contributed by atoms with E-state index in [1.807, 2.05) is 6.07 Å². The van der Waals surface area contributed by atoms with Crippen LogP contribution in [0.25, 0.3) is 16.7 Å². The van der Waals surface area contributed by atoms with Crippen LogP contribution in [-0.4, -0.2) is 31.7 Å². The van der Waals surface area contributed by atoms with Gasteiger partial charge in [0.25, 0.3) is 0 Å². The molecule has 0 radical (unpaired) electrons. The summed E-state index contributed by atoms with van der Waals surface area (Å²) in [5, 5.41) is 9.37. The molecule has 0 aliphatic rings. The van der Waals surface area contributed by atoms with Crippen LogP contribution in [0.1, 0.15) is 12.5 Å². The molecule has 0 spiro atoms. The second kappa shape index (κ2) is 6.45. The van der Waals surface area contributed by atoms with Gasteiger partial charge in [-0.2, -0.15) is 5.26 Å². The Hall–Kier alpha value is -3.67. The fourth-order valence-corrected chi connectivity index (χ4v) is 2.51. The lowest BCUT2D eigenvalue weighted by atomic mass is 10.1. The summed E-state index contributed by atoms with van der Waals surface area (Å²) in [7, 11) is 0. The van der Waals surface area contributed by atoms with Crippen LogP contribution in [0.4, 0.5) is 0 Å². The highest BCUT2D eigenvalue weighted by Gasteiger charge is 2.15. The number of imidazole rings is 1. The molecule has 0 bridgehead atoms. The molecule has 0 saturated carbocycles. The van der Waals surface area contributed by atoms with Gasteiger partial charge in [0, 0.05) is 12.4 Å². The lowest BCUT2D eigenvalue weighted by molar-refractivity contribution is -0.143. The Labute approximate surface area is 140 Å². The number of hydrogen-bond acceptors (Lipinski definition) is 6. The highest BCUT2D eigenvalue weighted by atomic mass is 16.5. The van der Waals surface area contributed by atoms with Gasteiger partial charge in [-0.15, -0.1) is 0 Å². The number of benzene rings is 1. The second-order valence-corrected chi connectivity index (χ2v) is 5.12. The summed E-state index contributed by atoms with van der Waals surface area (Å²) in [6.07, 6.45) is 4.69. The zero-order valence-electron chi connectivity index (χ0n) is 13.2. The van der Waals surface area contributed by atoms with Crippen molar-refractivity contribution >= 4 is 17.0 Å². The van der Waals surface area contributed by atoms with Crippen molar-refractivity contribution in [2.45, 2.75) is 13.5 Å². The summed E-state index contributed by atoms with van der Waals surface area (Å²) >= 11 is 0. The third kappa shape index (κ3) is 2.92. The smallest absolute Gasteiger partial charge is 0.326 e. The third-order valence-electron chi connectivity index (χ3n) is 3.59. The lowest BCUT2D eigenvalue weighted by Gasteiger charge is -2.12. The number of esters is 1. The molecule has 9 heteroatoms. The predicted octanol–water partition coefficient (Wildman–Crippen LogP) is 0.310. The van der Waals surface area contributed by atoms with Crippen molar-refractivity contribution < 1.29 is 9.53 Å². The summed E-state index contributed by atoms with van der Waals surface area (Å²) < 4.78 is 7.49. The summed E-state index contributed by atoms with van der Waals surface area (Å²) in [5.41, 5.74) is -0.424. The number of hydrogen-bond donors (Lipinski definition) is 1. The van der Waals surface area contributed by atoms with E-state index in [1.54, 1.807) is 30.0 Å². The Kier molecular flexibility index (Phi) is 4.18. The molecule has 0 amide bonds. The van der Waals surface area contributed by atoms with Gasteiger partial charge in [0.2, 0.25) is 0 Å². The molecule has 126 valence electrons. The average molecular weight is 339 g/mol. The maximum atomic E-state index is 12.2. The maximum absolute atomic E-state index is 12.2. The molecular formula is C16H13N5O4. The number of aromatic nitrogens is 4. The van der Waals surface area contributed by atoms with Gasteiger partial charge in [0.15, 0.2) is 0 Å². The van der Waals surface area contributed by atoms with E-state index in [1.165, 1.54) is 12.4 Å². The Morgan fingerprint density at radius 1 is 1.40 bits per heavy atom. The first-order valence-corrected chi connectivity index (χ1v) is 7.40. The minimum atomic E-state index is -0.879. The van der Waals surface area contributed by atoms with Crippen LogP contribution in [0.15, 0.2) is 40.4 Å². The monoisotopic (exact) mass is 339 g/mol. The van der Waals surface area contributed by atoms with Crippen LogP contribution in [0.5, 0.6) is 0 Å². The number of ether oxygens (including phenoxy) is 1. The van der Waals surface area contributed by atoms with Crippen LogP contribution >= 0.6 is 0 Å². The van der Waals surface area contributed by atoms with Gasteiger partial charge in [-0.25, -0.2) is 4.98 Å². The van der Waals surface area contributed by atoms with Crippen LogP contribution in [0.3, 0.4) is 0 Å². The zero-order chi connectivity index (χ0) is 18.0. The van der Waals surface area contributed by atoms with Crippen molar-refractivity contribution in [2.24, 2.45) is 0 Å². The van der Waals surface area contributed by atoms with E-state index in [9.17, 15) is 19.6 Å². The van der Waals surface area contributed by atoms with E-state index in [0.29, 0.717) is 11.2 Å². The van der Waals surface area contributed by atoms with Crippen molar-refractivity contribution in [3.8, 4) is 11.8 Å². The van der Waals surface area contributed by atoms with E-state index < -0.39 is 23.6 Å². The van der Waals surface area contributed by atoms with Gasteiger partial charge in [-0.3, -0.25) is 19.0 Å². The van der Waals surface area contributed by atoms with E-state index >= 15 is 0 Å². The summed E-state index contributed by atoms with van der Waals surface area (Å²) in [5.74, 6) is -0.634. The molecule has 0 fully saturated rings. The van der Waals surface area contributed by atoms with Crippen molar-refractivity contribution in [3.63, 3.8) is 0 Å². The van der Waals surface area contributed by atoms with Gasteiger partial charge in [0.05, 0.1) is 35.2 Å². The van der Waals surface area contributed by atoms with Crippen LogP contribution in [-0.2, 0) is 16.1 Å². The Bertz CT molecular complexity index is 1100. The zero-order valence-corrected chi connectivity index (χ0v) is 13.2. The Morgan fingerprint density at radius 3 is 2.84 bits per heavy atom. The number of rotatable bonds is 4. The standard InChI is InChI=1S/C16H13N5O4/c1-2-25-14(22)8-21-13-6-12(20-4-3-18-9-20)10(7-17)5-11(13)19-15(23)16(21)24/h3-6,9H,2,8H2,1H3,(H,19,23). The fraction of sp³-hybridized carbons (Fsp3) is 0.188. The van der Waals surface area contributed by atoms with Gasteiger partial charge < -0.3 is 14.3 Å². The normalized spacial score (nSPS) is 10.6. The van der Waals surface area contributed by atoms with Gasteiger partial charge >= 0.3 is 17.1 Å². The Balaban J connectivity index is 2.31. The average Bonchev–Trinajstić information content (AvgIpc) is 3.12. The van der Waals surface area contributed by atoms with Crippen molar-refractivity contribution in [3.05, 3.63) is 57.1 Å². The topological polar surface area (TPSA) is 123 Å². The molecule has 1 N–H and O–H groups in total. The number of carbonyl (C=O) groups excluding carboxylic acids is 1. The van der Waals surface area contributed by atoms with Crippen LogP contribution in [0.2, 0.25) is 0 Å². The first kappa shape index (κ1) is 16.2. The molecular weight excluding hydrogens is 326 g/mol. The SMILES string of the molecule is CCOC(=O)Cn1c(=O)c(=O)[nH]c2cc(C#N)c(-n3ccnc3)cc21. The van der Waals surface area contributed by atoms with Crippen molar-refractivity contribution in [2.75, 3.05) is 6.61 Å². The van der Waals surface area contributed by atoms with E-state index in [0.717, 1.165) is 4.57 Å².